The highest BCUT2D eigenvalue weighted by Gasteiger charge is 2.04. The summed E-state index contributed by atoms with van der Waals surface area (Å²) in [5.41, 5.74) is 2.77. The van der Waals surface area contributed by atoms with Crippen molar-refractivity contribution in [3.8, 4) is 0 Å². The number of carbonyl (C=O) groups is 1. The van der Waals surface area contributed by atoms with Gasteiger partial charge in [-0.25, -0.2) is 4.79 Å². The van der Waals surface area contributed by atoms with Crippen LogP contribution in [0.25, 0.3) is 0 Å². The molecule has 0 spiro atoms. The maximum atomic E-state index is 10.4. The molecule has 0 bridgehead atoms. The highest BCUT2D eigenvalue weighted by atomic mass is 16.4. The number of amides is 1. The number of rotatable bonds is 5. The summed E-state index contributed by atoms with van der Waals surface area (Å²) in [4.78, 5) is 10.4. The van der Waals surface area contributed by atoms with Gasteiger partial charge >= 0.3 is 6.09 Å². The van der Waals surface area contributed by atoms with Gasteiger partial charge in [0.2, 0.25) is 0 Å². The van der Waals surface area contributed by atoms with Crippen molar-refractivity contribution in [3.63, 3.8) is 0 Å². The average molecular weight is 283 g/mol. The van der Waals surface area contributed by atoms with Gasteiger partial charge in [-0.2, -0.15) is 10.2 Å². The minimum absolute atomic E-state index is 0.0494. The van der Waals surface area contributed by atoms with Crippen LogP contribution in [0.4, 0.5) is 10.5 Å². The molecule has 0 aliphatic carbocycles. The lowest BCUT2D eigenvalue weighted by Gasteiger charge is -2.07. The van der Waals surface area contributed by atoms with Crippen LogP contribution in [-0.4, -0.2) is 11.2 Å². The fourth-order valence-corrected chi connectivity index (χ4v) is 1.81. The lowest BCUT2D eigenvalue weighted by atomic mass is 10.1. The van der Waals surface area contributed by atoms with Crippen molar-refractivity contribution >= 4 is 11.8 Å². The monoisotopic (exact) mass is 283 g/mol. The van der Waals surface area contributed by atoms with Gasteiger partial charge in [-0.05, 0) is 30.2 Å². The summed E-state index contributed by atoms with van der Waals surface area (Å²) in [5.74, 6) is 0. The normalized spacial score (nSPS) is 12.2. The third kappa shape index (κ3) is 4.72. The Morgan fingerprint density at radius 3 is 2.43 bits per heavy atom. The first-order valence-corrected chi connectivity index (χ1v) is 6.66. The zero-order chi connectivity index (χ0) is 15.1. The molecule has 108 valence electrons. The first-order chi connectivity index (χ1) is 10.1. The van der Waals surface area contributed by atoms with E-state index < -0.39 is 6.09 Å². The van der Waals surface area contributed by atoms with E-state index >= 15 is 0 Å². The van der Waals surface area contributed by atoms with Gasteiger partial charge in [0.05, 0.1) is 11.7 Å². The van der Waals surface area contributed by atoms with Crippen LogP contribution in [0.1, 0.15) is 24.1 Å². The molecule has 0 heterocycles. The standard InChI is InChI=1S/C16H17N3O2/c1-12(18-19-15-5-3-2-4-6-15)14-9-7-13(8-10-14)11-17-16(20)21/h2-10,12,17H,11H2,1H3,(H,20,21). The summed E-state index contributed by atoms with van der Waals surface area (Å²) in [5, 5.41) is 19.4. The van der Waals surface area contributed by atoms with E-state index in [2.05, 4.69) is 15.5 Å². The highest BCUT2D eigenvalue weighted by Crippen LogP contribution is 2.20. The summed E-state index contributed by atoms with van der Waals surface area (Å²) < 4.78 is 0. The maximum absolute atomic E-state index is 10.4. The summed E-state index contributed by atoms with van der Waals surface area (Å²) in [7, 11) is 0. The van der Waals surface area contributed by atoms with Crippen LogP contribution in [0, 0.1) is 0 Å². The number of carboxylic acid groups (broad SMARTS) is 1. The van der Waals surface area contributed by atoms with E-state index in [4.69, 9.17) is 5.11 Å². The van der Waals surface area contributed by atoms with Crippen LogP contribution in [0.2, 0.25) is 0 Å². The topological polar surface area (TPSA) is 74.0 Å². The fourth-order valence-electron chi connectivity index (χ4n) is 1.81. The zero-order valence-corrected chi connectivity index (χ0v) is 11.7. The quantitative estimate of drug-likeness (QED) is 0.803. The van der Waals surface area contributed by atoms with Gasteiger partial charge in [0.25, 0.3) is 0 Å². The lowest BCUT2D eigenvalue weighted by Crippen LogP contribution is -2.19. The number of hydrogen-bond donors (Lipinski definition) is 2. The van der Waals surface area contributed by atoms with Crippen LogP contribution in [-0.2, 0) is 6.54 Å². The smallest absolute Gasteiger partial charge is 0.404 e. The van der Waals surface area contributed by atoms with Gasteiger partial charge in [0, 0.05) is 6.54 Å². The number of nitrogens with zero attached hydrogens (tertiary/aromatic N) is 2. The van der Waals surface area contributed by atoms with Crippen LogP contribution in [0.5, 0.6) is 0 Å². The second-order valence-electron chi connectivity index (χ2n) is 4.63. The largest absolute Gasteiger partial charge is 0.465 e. The van der Waals surface area contributed by atoms with E-state index in [1.54, 1.807) is 0 Å². The van der Waals surface area contributed by atoms with Gasteiger partial charge in [-0.1, -0.05) is 42.5 Å². The molecule has 1 unspecified atom stereocenters. The number of nitrogens with one attached hydrogen (secondary N) is 1. The molecule has 0 aromatic heterocycles. The van der Waals surface area contributed by atoms with Crippen molar-refractivity contribution in [2.45, 2.75) is 19.5 Å². The molecule has 2 rings (SSSR count). The Morgan fingerprint density at radius 2 is 1.81 bits per heavy atom. The molecule has 0 saturated carbocycles. The van der Waals surface area contributed by atoms with E-state index in [1.165, 1.54) is 0 Å². The molecule has 0 aliphatic rings. The predicted molar refractivity (Wildman–Crippen MR) is 80.7 cm³/mol. The van der Waals surface area contributed by atoms with Crippen molar-refractivity contribution in [2.75, 3.05) is 0 Å². The Bertz CT molecular complexity index is 609. The second kappa shape index (κ2) is 7.19. The van der Waals surface area contributed by atoms with Crippen molar-refractivity contribution in [1.29, 1.82) is 0 Å². The lowest BCUT2D eigenvalue weighted by molar-refractivity contribution is 0.194. The van der Waals surface area contributed by atoms with Gasteiger partial charge < -0.3 is 10.4 Å². The Balaban J connectivity index is 1.98. The molecule has 2 aromatic carbocycles. The highest BCUT2D eigenvalue weighted by molar-refractivity contribution is 5.64. The van der Waals surface area contributed by atoms with Crippen molar-refractivity contribution < 1.29 is 9.90 Å². The molecular formula is C16H17N3O2. The SMILES string of the molecule is CC(N=Nc1ccccc1)c1ccc(CNC(=O)O)cc1. The van der Waals surface area contributed by atoms with Crippen LogP contribution in [0.3, 0.4) is 0 Å². The van der Waals surface area contributed by atoms with Gasteiger partial charge in [0.15, 0.2) is 0 Å². The van der Waals surface area contributed by atoms with Crippen molar-refractivity contribution in [1.82, 2.24) is 5.32 Å². The van der Waals surface area contributed by atoms with Crippen molar-refractivity contribution in [3.05, 3.63) is 65.7 Å². The Kier molecular flexibility index (Phi) is 5.04. The molecule has 1 amide bonds. The maximum Gasteiger partial charge on any atom is 0.404 e. The van der Waals surface area contributed by atoms with E-state index in [0.29, 0.717) is 6.54 Å². The molecule has 5 heteroatoms. The van der Waals surface area contributed by atoms with E-state index in [0.717, 1.165) is 16.8 Å². The number of benzene rings is 2. The third-order valence-electron chi connectivity index (χ3n) is 3.01. The first kappa shape index (κ1) is 14.7. The van der Waals surface area contributed by atoms with Gasteiger partial charge in [0.1, 0.15) is 0 Å². The Morgan fingerprint density at radius 1 is 1.14 bits per heavy atom. The van der Waals surface area contributed by atoms with Crippen molar-refractivity contribution in [2.24, 2.45) is 10.2 Å². The molecule has 2 N–H and O–H groups in total. The minimum atomic E-state index is -1.02. The fraction of sp³-hybridized carbons (Fsp3) is 0.188. The van der Waals surface area contributed by atoms with E-state index in [9.17, 15) is 4.79 Å². The number of azo groups is 1. The second-order valence-corrected chi connectivity index (χ2v) is 4.63. The Hall–Kier alpha value is -2.69. The molecule has 2 aromatic rings. The predicted octanol–water partition coefficient (Wildman–Crippen LogP) is 4.30. The van der Waals surface area contributed by atoms with Gasteiger partial charge in [-0.3, -0.25) is 0 Å². The molecule has 0 radical (unpaired) electrons. The van der Waals surface area contributed by atoms with Gasteiger partial charge in [-0.15, -0.1) is 0 Å². The first-order valence-electron chi connectivity index (χ1n) is 6.66. The summed E-state index contributed by atoms with van der Waals surface area (Å²) in [6.45, 7) is 2.27. The third-order valence-corrected chi connectivity index (χ3v) is 3.01. The van der Waals surface area contributed by atoms with E-state index in [1.807, 2.05) is 61.5 Å². The Labute approximate surface area is 123 Å². The van der Waals surface area contributed by atoms with Crippen LogP contribution >= 0.6 is 0 Å². The minimum Gasteiger partial charge on any atom is -0.465 e. The van der Waals surface area contributed by atoms with Crippen LogP contribution in [0.15, 0.2) is 64.8 Å². The molecule has 0 aliphatic heterocycles. The zero-order valence-electron chi connectivity index (χ0n) is 11.7. The molecule has 0 fully saturated rings. The summed E-state index contributed by atoms with van der Waals surface area (Å²) >= 11 is 0. The summed E-state index contributed by atoms with van der Waals surface area (Å²) in [6, 6.07) is 17.2. The number of hydrogen-bond acceptors (Lipinski definition) is 3. The molecule has 5 nitrogen and oxygen atoms in total. The molecular weight excluding hydrogens is 266 g/mol. The molecule has 1 atom stereocenters. The molecule has 21 heavy (non-hydrogen) atoms. The van der Waals surface area contributed by atoms with E-state index in [-0.39, 0.29) is 6.04 Å². The molecule has 0 saturated heterocycles. The van der Waals surface area contributed by atoms with Crippen LogP contribution < -0.4 is 5.32 Å². The summed E-state index contributed by atoms with van der Waals surface area (Å²) in [6.07, 6.45) is -1.02. The average Bonchev–Trinajstić information content (AvgIpc) is 2.52.